The molecule has 3 aliphatic rings. The van der Waals surface area contributed by atoms with Crippen LogP contribution in [0.3, 0.4) is 0 Å². The predicted molar refractivity (Wildman–Crippen MR) is 88.2 cm³/mol. The van der Waals surface area contributed by atoms with Crippen LogP contribution in [-0.4, -0.2) is 52.8 Å². The number of amides is 2. The predicted octanol–water partition coefficient (Wildman–Crippen LogP) is 2.25. The molecule has 1 atom stereocenters. The Morgan fingerprint density at radius 1 is 1.22 bits per heavy atom. The third-order valence-corrected chi connectivity index (χ3v) is 6.81. The fourth-order valence-corrected chi connectivity index (χ4v) is 4.89. The van der Waals surface area contributed by atoms with Crippen molar-refractivity contribution in [2.24, 2.45) is 16.7 Å². The van der Waals surface area contributed by atoms with Gasteiger partial charge in [-0.1, -0.05) is 13.8 Å². The highest BCUT2D eigenvalue weighted by molar-refractivity contribution is 7.11. The van der Waals surface area contributed by atoms with E-state index in [-0.39, 0.29) is 22.7 Å². The van der Waals surface area contributed by atoms with E-state index in [9.17, 15) is 9.59 Å². The molecule has 0 bridgehead atoms. The van der Waals surface area contributed by atoms with Crippen molar-refractivity contribution < 1.29 is 9.59 Å². The molecule has 1 aromatic rings. The zero-order chi connectivity index (χ0) is 16.2. The SMILES string of the molecule is CC1(C)CC[C@@H]1C(=O)N1CC2(CCN(C(=O)c3cncs3)C2)C1. The van der Waals surface area contributed by atoms with Gasteiger partial charge >= 0.3 is 0 Å². The number of carbonyl (C=O) groups is 2. The molecule has 0 aromatic carbocycles. The number of nitrogens with zero attached hydrogens (tertiary/aromatic N) is 3. The summed E-state index contributed by atoms with van der Waals surface area (Å²) < 4.78 is 0. The quantitative estimate of drug-likeness (QED) is 0.834. The highest BCUT2D eigenvalue weighted by Gasteiger charge is 2.53. The van der Waals surface area contributed by atoms with Gasteiger partial charge in [-0.25, -0.2) is 0 Å². The molecular formula is C17H23N3O2S. The largest absolute Gasteiger partial charge is 0.341 e. The number of likely N-dealkylation sites (tertiary alicyclic amines) is 2. The Hall–Kier alpha value is -1.43. The van der Waals surface area contributed by atoms with Crippen LogP contribution in [0.2, 0.25) is 0 Å². The summed E-state index contributed by atoms with van der Waals surface area (Å²) in [4.78, 5) is 33.7. The standard InChI is InChI=1S/C17H23N3O2S/c1-16(2)4-3-12(16)14(21)20-9-17(10-20)5-6-19(8-17)15(22)13-7-18-11-23-13/h7,11-12H,3-6,8-10H2,1-2H3/t12-/m1/s1. The van der Waals surface area contributed by atoms with Gasteiger partial charge in [-0.3, -0.25) is 14.6 Å². The molecule has 4 rings (SSSR count). The number of hydrogen-bond acceptors (Lipinski definition) is 4. The Morgan fingerprint density at radius 3 is 2.52 bits per heavy atom. The molecule has 23 heavy (non-hydrogen) atoms. The molecule has 1 aliphatic carbocycles. The Bertz CT molecular complexity index is 634. The minimum Gasteiger partial charge on any atom is -0.341 e. The monoisotopic (exact) mass is 333 g/mol. The van der Waals surface area contributed by atoms with E-state index in [0.717, 1.165) is 45.4 Å². The van der Waals surface area contributed by atoms with Crippen LogP contribution in [0.15, 0.2) is 11.7 Å². The van der Waals surface area contributed by atoms with Crippen LogP contribution in [0.5, 0.6) is 0 Å². The number of hydrogen-bond donors (Lipinski definition) is 0. The van der Waals surface area contributed by atoms with E-state index < -0.39 is 0 Å². The summed E-state index contributed by atoms with van der Waals surface area (Å²) in [5.41, 5.74) is 2.01. The molecule has 124 valence electrons. The molecule has 0 N–H and O–H groups in total. The lowest BCUT2D eigenvalue weighted by atomic mass is 9.61. The molecule has 2 saturated heterocycles. The Morgan fingerprint density at radius 2 is 1.96 bits per heavy atom. The topological polar surface area (TPSA) is 53.5 Å². The molecule has 0 radical (unpaired) electrons. The van der Waals surface area contributed by atoms with Gasteiger partial charge in [-0.15, -0.1) is 11.3 Å². The Kier molecular flexibility index (Phi) is 3.31. The van der Waals surface area contributed by atoms with E-state index in [4.69, 9.17) is 0 Å². The summed E-state index contributed by atoms with van der Waals surface area (Å²) in [6.07, 6.45) is 4.84. The fraction of sp³-hybridized carbons (Fsp3) is 0.706. The minimum absolute atomic E-state index is 0.0919. The van der Waals surface area contributed by atoms with Crippen LogP contribution in [0.4, 0.5) is 0 Å². The minimum atomic E-state index is 0.0919. The molecule has 0 unspecified atom stereocenters. The second-order valence-electron chi connectivity index (χ2n) is 8.12. The first-order valence-corrected chi connectivity index (χ1v) is 9.25. The second-order valence-corrected chi connectivity index (χ2v) is 9.00. The maximum Gasteiger partial charge on any atom is 0.265 e. The van der Waals surface area contributed by atoms with E-state index in [1.165, 1.54) is 11.3 Å². The summed E-state index contributed by atoms with van der Waals surface area (Å²) in [7, 11) is 0. The molecular weight excluding hydrogens is 310 g/mol. The zero-order valence-corrected chi connectivity index (χ0v) is 14.6. The normalized spacial score (nSPS) is 27.7. The van der Waals surface area contributed by atoms with Crippen LogP contribution in [0.1, 0.15) is 42.8 Å². The molecule has 2 amide bonds. The van der Waals surface area contributed by atoms with Gasteiger partial charge in [0.25, 0.3) is 5.91 Å². The third-order valence-electron chi connectivity index (χ3n) is 6.05. The molecule has 2 aliphatic heterocycles. The van der Waals surface area contributed by atoms with Gasteiger partial charge in [0.05, 0.1) is 11.7 Å². The average Bonchev–Trinajstić information content (AvgIpc) is 3.13. The first-order chi connectivity index (χ1) is 10.9. The molecule has 6 heteroatoms. The summed E-state index contributed by atoms with van der Waals surface area (Å²) in [5.74, 6) is 0.629. The van der Waals surface area contributed by atoms with Crippen molar-refractivity contribution in [1.29, 1.82) is 0 Å². The number of thiazole rings is 1. The molecule has 5 nitrogen and oxygen atoms in total. The Balaban J connectivity index is 1.35. The maximum atomic E-state index is 12.6. The van der Waals surface area contributed by atoms with Crippen LogP contribution in [-0.2, 0) is 4.79 Å². The van der Waals surface area contributed by atoms with Crippen molar-refractivity contribution in [1.82, 2.24) is 14.8 Å². The highest BCUT2D eigenvalue weighted by Crippen LogP contribution is 2.49. The van der Waals surface area contributed by atoms with E-state index in [0.29, 0.717) is 10.8 Å². The van der Waals surface area contributed by atoms with Crippen molar-refractivity contribution in [2.75, 3.05) is 26.2 Å². The van der Waals surface area contributed by atoms with Gasteiger partial charge in [0.15, 0.2) is 0 Å². The first kappa shape index (κ1) is 15.1. The second kappa shape index (κ2) is 5.03. The molecule has 3 heterocycles. The van der Waals surface area contributed by atoms with Gasteiger partial charge in [-0.05, 0) is 24.7 Å². The number of carbonyl (C=O) groups excluding carboxylic acids is 2. The van der Waals surface area contributed by atoms with Crippen molar-refractivity contribution in [3.63, 3.8) is 0 Å². The Labute approximate surface area is 140 Å². The highest BCUT2D eigenvalue weighted by atomic mass is 32.1. The lowest BCUT2D eigenvalue weighted by Crippen LogP contribution is -2.62. The molecule has 1 spiro atoms. The van der Waals surface area contributed by atoms with Crippen molar-refractivity contribution in [2.45, 2.75) is 33.1 Å². The van der Waals surface area contributed by atoms with Crippen molar-refractivity contribution >= 4 is 23.2 Å². The number of rotatable bonds is 2. The van der Waals surface area contributed by atoms with Gasteiger partial charge in [0, 0.05) is 37.5 Å². The van der Waals surface area contributed by atoms with Gasteiger partial charge in [-0.2, -0.15) is 0 Å². The van der Waals surface area contributed by atoms with Gasteiger partial charge < -0.3 is 9.80 Å². The van der Waals surface area contributed by atoms with E-state index >= 15 is 0 Å². The molecule has 1 aromatic heterocycles. The van der Waals surface area contributed by atoms with Crippen molar-refractivity contribution in [3.05, 3.63) is 16.6 Å². The van der Waals surface area contributed by atoms with Gasteiger partial charge in [0.2, 0.25) is 5.91 Å². The smallest absolute Gasteiger partial charge is 0.265 e. The number of aromatic nitrogens is 1. The molecule has 1 saturated carbocycles. The zero-order valence-electron chi connectivity index (χ0n) is 13.7. The van der Waals surface area contributed by atoms with E-state index in [2.05, 4.69) is 18.8 Å². The maximum absolute atomic E-state index is 12.6. The average molecular weight is 333 g/mol. The fourth-order valence-electron chi connectivity index (χ4n) is 4.31. The lowest BCUT2D eigenvalue weighted by Gasteiger charge is -2.53. The van der Waals surface area contributed by atoms with Crippen LogP contribution >= 0.6 is 11.3 Å². The van der Waals surface area contributed by atoms with Gasteiger partial charge in [0.1, 0.15) is 4.88 Å². The van der Waals surface area contributed by atoms with Crippen LogP contribution in [0, 0.1) is 16.7 Å². The van der Waals surface area contributed by atoms with E-state index in [1.54, 1.807) is 11.7 Å². The third kappa shape index (κ3) is 2.38. The first-order valence-electron chi connectivity index (χ1n) is 8.37. The summed E-state index contributed by atoms with van der Waals surface area (Å²) >= 11 is 1.40. The summed E-state index contributed by atoms with van der Waals surface area (Å²) in [6.45, 7) is 7.62. The van der Waals surface area contributed by atoms with Crippen LogP contribution in [0.25, 0.3) is 0 Å². The summed E-state index contributed by atoms with van der Waals surface area (Å²) in [6, 6.07) is 0. The van der Waals surface area contributed by atoms with Crippen molar-refractivity contribution in [3.8, 4) is 0 Å². The van der Waals surface area contributed by atoms with E-state index in [1.807, 2.05) is 9.80 Å². The molecule has 3 fully saturated rings. The lowest BCUT2D eigenvalue weighted by molar-refractivity contribution is -0.157. The van der Waals surface area contributed by atoms with Crippen LogP contribution < -0.4 is 0 Å². The summed E-state index contributed by atoms with van der Waals surface area (Å²) in [5, 5.41) is 0.